The maximum atomic E-state index is 10.5. The number of nitrogens with two attached hydrogens (primary N) is 1. The van der Waals surface area contributed by atoms with Gasteiger partial charge in [0.25, 0.3) is 0 Å². The first-order valence-electron chi connectivity index (χ1n) is 5.12. The monoisotopic (exact) mass is 235 g/mol. The number of hydrogen-bond acceptors (Lipinski definition) is 4. The lowest BCUT2D eigenvalue weighted by Gasteiger charge is -2.06. The van der Waals surface area contributed by atoms with Crippen LogP contribution in [0, 0.1) is 6.92 Å². The number of ether oxygens (including phenoxy) is 2. The number of amides is 2. The smallest absolute Gasteiger partial charge is 0.332 e. The Morgan fingerprint density at radius 2 is 2.06 bits per heavy atom. The number of hydrazone groups is 1. The molecule has 1 aromatic rings. The number of carbonyl (C=O) groups excluding carboxylic acids is 1. The van der Waals surface area contributed by atoms with Gasteiger partial charge in [0.2, 0.25) is 0 Å². The minimum Gasteiger partial charge on any atom is -0.484 e. The Morgan fingerprint density at radius 1 is 1.35 bits per heavy atom. The average molecular weight is 235 g/mol. The molecule has 0 atom stereocenters. The fourth-order valence-electron chi connectivity index (χ4n) is 1.41. The van der Waals surface area contributed by atoms with E-state index < -0.39 is 6.03 Å². The Hall–Kier alpha value is -2.24. The highest BCUT2D eigenvalue weighted by molar-refractivity contribution is 5.89. The first kappa shape index (κ1) is 11.3. The minimum atomic E-state index is -0.713. The predicted octanol–water partition coefficient (Wildman–Crippen LogP) is 0.791. The molecule has 0 saturated heterocycles. The number of aryl methyl sites for hydroxylation is 1. The molecule has 0 aromatic heterocycles. The van der Waals surface area contributed by atoms with Gasteiger partial charge in [0.15, 0.2) is 11.5 Å². The molecule has 1 aromatic carbocycles. The third-order valence-corrected chi connectivity index (χ3v) is 2.21. The van der Waals surface area contributed by atoms with Gasteiger partial charge in [-0.05, 0) is 24.6 Å². The summed E-state index contributed by atoms with van der Waals surface area (Å²) < 4.78 is 11.0. The SMILES string of the molecule is Cc1ccc2c(c1)OC/C(=N/NC(N)=O)CO2. The maximum Gasteiger partial charge on any atom is 0.332 e. The Balaban J connectivity index is 2.11. The number of carbonyl (C=O) groups is 1. The molecular formula is C11H13N3O3. The van der Waals surface area contributed by atoms with Gasteiger partial charge in [-0.15, -0.1) is 0 Å². The van der Waals surface area contributed by atoms with Crippen molar-refractivity contribution in [1.82, 2.24) is 5.43 Å². The predicted molar refractivity (Wildman–Crippen MR) is 62.3 cm³/mol. The van der Waals surface area contributed by atoms with E-state index in [9.17, 15) is 4.79 Å². The van der Waals surface area contributed by atoms with Crippen molar-refractivity contribution >= 4 is 11.7 Å². The summed E-state index contributed by atoms with van der Waals surface area (Å²) in [4.78, 5) is 10.5. The molecule has 2 rings (SSSR count). The van der Waals surface area contributed by atoms with Crippen LogP contribution in [0.1, 0.15) is 5.56 Å². The summed E-state index contributed by atoms with van der Waals surface area (Å²) in [6.07, 6.45) is 0. The molecule has 0 unspecified atom stereocenters. The fraction of sp³-hybridized carbons (Fsp3) is 0.273. The summed E-state index contributed by atoms with van der Waals surface area (Å²) in [6.45, 7) is 2.49. The van der Waals surface area contributed by atoms with Crippen molar-refractivity contribution in [3.63, 3.8) is 0 Å². The van der Waals surface area contributed by atoms with E-state index in [-0.39, 0.29) is 13.2 Å². The molecule has 0 saturated carbocycles. The van der Waals surface area contributed by atoms with E-state index in [0.717, 1.165) is 5.56 Å². The molecule has 0 fully saturated rings. The number of urea groups is 1. The molecule has 2 amide bonds. The number of nitrogens with zero attached hydrogens (tertiary/aromatic N) is 1. The van der Waals surface area contributed by atoms with E-state index in [1.54, 1.807) is 0 Å². The van der Waals surface area contributed by atoms with Gasteiger partial charge in [0, 0.05) is 0 Å². The lowest BCUT2D eigenvalue weighted by atomic mass is 10.2. The lowest BCUT2D eigenvalue weighted by molar-refractivity contribution is 0.249. The average Bonchev–Trinajstić information content (AvgIpc) is 2.48. The van der Waals surface area contributed by atoms with E-state index in [0.29, 0.717) is 17.2 Å². The van der Waals surface area contributed by atoms with E-state index in [2.05, 4.69) is 10.5 Å². The van der Waals surface area contributed by atoms with E-state index in [1.165, 1.54) is 0 Å². The summed E-state index contributed by atoms with van der Waals surface area (Å²) in [7, 11) is 0. The van der Waals surface area contributed by atoms with Crippen molar-refractivity contribution in [1.29, 1.82) is 0 Å². The molecule has 17 heavy (non-hydrogen) atoms. The van der Waals surface area contributed by atoms with Crippen LogP contribution in [0.15, 0.2) is 23.3 Å². The number of nitrogens with one attached hydrogen (secondary N) is 1. The van der Waals surface area contributed by atoms with Crippen LogP contribution in [0.2, 0.25) is 0 Å². The first-order valence-corrected chi connectivity index (χ1v) is 5.12. The number of fused-ring (bicyclic) bond motifs is 1. The number of benzene rings is 1. The second-order valence-electron chi connectivity index (χ2n) is 3.68. The summed E-state index contributed by atoms with van der Waals surface area (Å²) in [5.74, 6) is 1.34. The minimum absolute atomic E-state index is 0.260. The molecule has 0 bridgehead atoms. The number of rotatable bonds is 1. The van der Waals surface area contributed by atoms with Crippen molar-refractivity contribution in [3.05, 3.63) is 23.8 Å². The highest BCUT2D eigenvalue weighted by Gasteiger charge is 2.14. The van der Waals surface area contributed by atoms with Crippen molar-refractivity contribution in [2.75, 3.05) is 13.2 Å². The van der Waals surface area contributed by atoms with Crippen molar-refractivity contribution in [2.24, 2.45) is 10.8 Å². The molecule has 90 valence electrons. The van der Waals surface area contributed by atoms with Crippen molar-refractivity contribution < 1.29 is 14.3 Å². The maximum absolute atomic E-state index is 10.5. The summed E-state index contributed by atoms with van der Waals surface area (Å²) in [6, 6.07) is 4.95. The zero-order valence-corrected chi connectivity index (χ0v) is 9.40. The zero-order valence-electron chi connectivity index (χ0n) is 9.40. The summed E-state index contributed by atoms with van der Waals surface area (Å²) in [5, 5.41) is 3.79. The van der Waals surface area contributed by atoms with Crippen LogP contribution in [-0.2, 0) is 0 Å². The van der Waals surface area contributed by atoms with Gasteiger partial charge >= 0.3 is 6.03 Å². The molecule has 1 aliphatic heterocycles. The molecule has 6 heteroatoms. The second kappa shape index (κ2) is 4.73. The van der Waals surface area contributed by atoms with E-state index >= 15 is 0 Å². The number of hydrogen-bond donors (Lipinski definition) is 2. The van der Waals surface area contributed by atoms with E-state index in [1.807, 2.05) is 25.1 Å². The highest BCUT2D eigenvalue weighted by atomic mass is 16.5. The van der Waals surface area contributed by atoms with Gasteiger partial charge < -0.3 is 15.2 Å². The zero-order chi connectivity index (χ0) is 12.3. The Labute approximate surface area is 98.4 Å². The molecule has 1 aliphatic rings. The van der Waals surface area contributed by atoms with Gasteiger partial charge in [-0.2, -0.15) is 5.10 Å². The summed E-state index contributed by atoms with van der Waals surface area (Å²) in [5.41, 5.74) is 8.72. The van der Waals surface area contributed by atoms with Gasteiger partial charge in [0.1, 0.15) is 18.9 Å². The molecule has 0 radical (unpaired) electrons. The normalized spacial score (nSPS) is 16.4. The topological polar surface area (TPSA) is 85.9 Å². The van der Waals surface area contributed by atoms with Crippen molar-refractivity contribution in [3.8, 4) is 11.5 Å². The van der Waals surface area contributed by atoms with Gasteiger partial charge in [-0.1, -0.05) is 6.07 Å². The van der Waals surface area contributed by atoms with E-state index in [4.69, 9.17) is 15.2 Å². The molecule has 6 nitrogen and oxygen atoms in total. The third-order valence-electron chi connectivity index (χ3n) is 2.21. The lowest BCUT2D eigenvalue weighted by Crippen LogP contribution is -2.28. The second-order valence-corrected chi connectivity index (χ2v) is 3.68. The van der Waals surface area contributed by atoms with Crippen LogP contribution in [0.25, 0.3) is 0 Å². The molecular weight excluding hydrogens is 222 g/mol. The summed E-state index contributed by atoms with van der Waals surface area (Å²) >= 11 is 0. The molecule has 0 aliphatic carbocycles. The molecule has 0 spiro atoms. The quantitative estimate of drug-likeness (QED) is 0.705. The molecule has 3 N–H and O–H groups in total. The van der Waals surface area contributed by atoms with Crippen LogP contribution >= 0.6 is 0 Å². The third kappa shape index (κ3) is 2.87. The van der Waals surface area contributed by atoms with Crippen LogP contribution in [-0.4, -0.2) is 25.0 Å². The largest absolute Gasteiger partial charge is 0.484 e. The molecule has 1 heterocycles. The van der Waals surface area contributed by atoms with Crippen LogP contribution in [0.5, 0.6) is 11.5 Å². The van der Waals surface area contributed by atoms with Gasteiger partial charge in [-0.25, -0.2) is 10.2 Å². The Morgan fingerprint density at radius 3 is 2.76 bits per heavy atom. The van der Waals surface area contributed by atoms with Crippen LogP contribution < -0.4 is 20.6 Å². The highest BCUT2D eigenvalue weighted by Crippen LogP contribution is 2.29. The van der Waals surface area contributed by atoms with Gasteiger partial charge in [0.05, 0.1) is 0 Å². The fourth-order valence-corrected chi connectivity index (χ4v) is 1.41. The van der Waals surface area contributed by atoms with Crippen LogP contribution in [0.4, 0.5) is 4.79 Å². The number of primary amides is 1. The van der Waals surface area contributed by atoms with Gasteiger partial charge in [-0.3, -0.25) is 0 Å². The standard InChI is InChI=1S/C11H13N3O3/c1-7-2-3-9-10(4-7)17-6-8(5-16-9)13-14-11(12)15/h2-4H,5-6H2,1H3,(H3,12,14,15)/b13-8+. The Bertz CT molecular complexity index is 471. The first-order chi connectivity index (χ1) is 8.15. The van der Waals surface area contributed by atoms with Crippen molar-refractivity contribution in [2.45, 2.75) is 6.92 Å². The van der Waals surface area contributed by atoms with Crippen LogP contribution in [0.3, 0.4) is 0 Å². The Kier molecular flexibility index (Phi) is 3.13.